The molecule has 0 N–H and O–H groups in total. The highest BCUT2D eigenvalue weighted by atomic mass is 35.5. The second-order valence-corrected chi connectivity index (χ2v) is 7.62. The third kappa shape index (κ3) is 5.30. The fourth-order valence-electron chi connectivity index (χ4n) is 2.79. The van der Waals surface area contributed by atoms with Crippen molar-refractivity contribution in [2.24, 2.45) is 5.41 Å². The molecule has 20 heavy (non-hydrogen) atoms. The van der Waals surface area contributed by atoms with Gasteiger partial charge in [0.2, 0.25) is 0 Å². The second kappa shape index (κ2) is 7.18. The minimum atomic E-state index is 0.257. The first-order valence-electron chi connectivity index (χ1n) is 7.03. The number of hydrogen-bond donors (Lipinski definition) is 0. The quantitative estimate of drug-likeness (QED) is 0.806. The molecule has 4 nitrogen and oxygen atoms in total. The Morgan fingerprint density at radius 2 is 2.15 bits per heavy atom. The fraction of sp³-hybridized carbons (Fsp3) is 0.786. The molecule has 6 heteroatoms. The molecule has 1 aliphatic heterocycles. The lowest BCUT2D eigenvalue weighted by Gasteiger charge is -2.37. The van der Waals surface area contributed by atoms with Crippen molar-refractivity contribution >= 4 is 22.9 Å². The number of thiazole rings is 1. The molecule has 0 bridgehead atoms. The number of nitrogens with zero attached hydrogens (tertiary/aromatic N) is 3. The van der Waals surface area contributed by atoms with Crippen molar-refractivity contribution in [3.63, 3.8) is 0 Å². The SMILES string of the molecule is CN(Cc1nc(Cl)cs1)CC(C)(C)CN1CCOCC1. The molecule has 1 saturated heterocycles. The van der Waals surface area contributed by atoms with Crippen LogP contribution >= 0.6 is 22.9 Å². The first-order valence-corrected chi connectivity index (χ1v) is 8.29. The highest BCUT2D eigenvalue weighted by Gasteiger charge is 2.25. The number of aromatic nitrogens is 1. The molecule has 2 heterocycles. The van der Waals surface area contributed by atoms with Gasteiger partial charge < -0.3 is 4.74 Å². The molecule has 0 amide bonds. The lowest BCUT2D eigenvalue weighted by molar-refractivity contribution is 0.0161. The molecule has 0 unspecified atom stereocenters. The van der Waals surface area contributed by atoms with Gasteiger partial charge in [0, 0.05) is 31.6 Å². The summed E-state index contributed by atoms with van der Waals surface area (Å²) in [6.45, 7) is 11.5. The number of ether oxygens (including phenoxy) is 1. The Balaban J connectivity index is 1.80. The van der Waals surface area contributed by atoms with Crippen LogP contribution in [0, 0.1) is 5.41 Å². The van der Waals surface area contributed by atoms with Crippen molar-refractivity contribution in [1.29, 1.82) is 0 Å². The molecule has 0 saturated carbocycles. The van der Waals surface area contributed by atoms with Crippen molar-refractivity contribution in [3.05, 3.63) is 15.5 Å². The Morgan fingerprint density at radius 1 is 1.45 bits per heavy atom. The molecule has 0 radical (unpaired) electrons. The molecule has 0 aliphatic carbocycles. The first-order chi connectivity index (χ1) is 9.44. The maximum Gasteiger partial charge on any atom is 0.140 e. The van der Waals surface area contributed by atoms with E-state index >= 15 is 0 Å². The third-order valence-electron chi connectivity index (χ3n) is 3.38. The van der Waals surface area contributed by atoms with Gasteiger partial charge in [-0.15, -0.1) is 11.3 Å². The summed E-state index contributed by atoms with van der Waals surface area (Å²) in [5, 5.41) is 3.58. The number of halogens is 1. The van der Waals surface area contributed by atoms with Gasteiger partial charge in [0.05, 0.1) is 19.8 Å². The molecule has 0 spiro atoms. The van der Waals surface area contributed by atoms with E-state index in [9.17, 15) is 0 Å². The van der Waals surface area contributed by atoms with Crippen molar-refractivity contribution in [2.75, 3.05) is 46.4 Å². The van der Waals surface area contributed by atoms with Crippen LogP contribution in [0.4, 0.5) is 0 Å². The Kier molecular flexibility index (Phi) is 5.81. The van der Waals surface area contributed by atoms with Gasteiger partial charge in [-0.05, 0) is 12.5 Å². The van der Waals surface area contributed by atoms with E-state index in [4.69, 9.17) is 16.3 Å². The van der Waals surface area contributed by atoms with Crippen molar-refractivity contribution in [1.82, 2.24) is 14.8 Å². The zero-order valence-electron chi connectivity index (χ0n) is 12.6. The summed E-state index contributed by atoms with van der Waals surface area (Å²) >= 11 is 7.50. The van der Waals surface area contributed by atoms with Crippen LogP contribution in [0.25, 0.3) is 0 Å². The summed E-state index contributed by atoms with van der Waals surface area (Å²) in [6.07, 6.45) is 0. The highest BCUT2D eigenvalue weighted by Crippen LogP contribution is 2.21. The van der Waals surface area contributed by atoms with Gasteiger partial charge in [0.25, 0.3) is 0 Å². The van der Waals surface area contributed by atoms with E-state index in [-0.39, 0.29) is 5.41 Å². The minimum absolute atomic E-state index is 0.257. The lowest BCUT2D eigenvalue weighted by Crippen LogP contribution is -2.45. The van der Waals surface area contributed by atoms with Gasteiger partial charge in [-0.2, -0.15) is 0 Å². The molecule has 1 aliphatic rings. The van der Waals surface area contributed by atoms with Gasteiger partial charge in [-0.3, -0.25) is 9.80 Å². The van der Waals surface area contributed by atoms with Crippen LogP contribution in [0.1, 0.15) is 18.9 Å². The van der Waals surface area contributed by atoms with E-state index < -0.39 is 0 Å². The Morgan fingerprint density at radius 3 is 2.75 bits per heavy atom. The standard InChI is InChI=1S/C14H24ClN3OS/c1-14(2,11-18-4-6-19-7-5-18)10-17(3)8-13-16-12(15)9-20-13/h9H,4-8,10-11H2,1-3H3. The normalized spacial score (nSPS) is 17.9. The molecule has 1 aromatic heterocycles. The smallest absolute Gasteiger partial charge is 0.140 e. The molecule has 1 fully saturated rings. The van der Waals surface area contributed by atoms with Gasteiger partial charge in [0.1, 0.15) is 10.2 Å². The largest absolute Gasteiger partial charge is 0.379 e. The summed E-state index contributed by atoms with van der Waals surface area (Å²) in [6, 6.07) is 0. The van der Waals surface area contributed by atoms with Crippen LogP contribution in [-0.4, -0.2) is 61.2 Å². The van der Waals surface area contributed by atoms with Crippen LogP contribution in [0.3, 0.4) is 0 Å². The van der Waals surface area contributed by atoms with Gasteiger partial charge in [-0.1, -0.05) is 25.4 Å². The maximum absolute atomic E-state index is 5.87. The van der Waals surface area contributed by atoms with Crippen molar-refractivity contribution < 1.29 is 4.74 Å². The Labute approximate surface area is 130 Å². The number of rotatable bonds is 6. The molecule has 1 aromatic rings. The summed E-state index contributed by atoms with van der Waals surface area (Å²) in [7, 11) is 2.15. The predicted octanol–water partition coefficient (Wildman–Crippen LogP) is 2.59. The summed E-state index contributed by atoms with van der Waals surface area (Å²) < 4.78 is 5.41. The van der Waals surface area contributed by atoms with E-state index in [1.54, 1.807) is 11.3 Å². The zero-order valence-corrected chi connectivity index (χ0v) is 14.1. The molecule has 114 valence electrons. The molecular weight excluding hydrogens is 294 g/mol. The average molecular weight is 318 g/mol. The Hall–Kier alpha value is -0.200. The van der Waals surface area contributed by atoms with Crippen molar-refractivity contribution in [2.45, 2.75) is 20.4 Å². The van der Waals surface area contributed by atoms with Crippen LogP contribution in [0.2, 0.25) is 5.15 Å². The van der Waals surface area contributed by atoms with Crippen LogP contribution in [0.15, 0.2) is 5.38 Å². The van der Waals surface area contributed by atoms with Crippen LogP contribution in [0.5, 0.6) is 0 Å². The predicted molar refractivity (Wildman–Crippen MR) is 84.5 cm³/mol. The molecule has 0 aromatic carbocycles. The van der Waals surface area contributed by atoms with Crippen LogP contribution in [-0.2, 0) is 11.3 Å². The van der Waals surface area contributed by atoms with Crippen molar-refractivity contribution in [3.8, 4) is 0 Å². The van der Waals surface area contributed by atoms with E-state index in [0.29, 0.717) is 5.15 Å². The third-order valence-corrected chi connectivity index (χ3v) is 4.54. The maximum atomic E-state index is 5.87. The molecule has 2 rings (SSSR count). The summed E-state index contributed by atoms with van der Waals surface area (Å²) in [4.78, 5) is 9.14. The van der Waals surface area contributed by atoms with E-state index in [1.165, 1.54) is 0 Å². The molecular formula is C14H24ClN3OS. The Bertz CT molecular complexity index is 418. The van der Waals surface area contributed by atoms with Crippen LogP contribution < -0.4 is 0 Å². The van der Waals surface area contributed by atoms with Gasteiger partial charge in [-0.25, -0.2) is 4.98 Å². The number of morpholine rings is 1. The second-order valence-electron chi connectivity index (χ2n) is 6.29. The van der Waals surface area contributed by atoms with E-state index in [1.807, 2.05) is 5.38 Å². The average Bonchev–Trinajstić information content (AvgIpc) is 2.74. The first kappa shape index (κ1) is 16.2. The summed E-state index contributed by atoms with van der Waals surface area (Å²) in [5.41, 5.74) is 0.257. The lowest BCUT2D eigenvalue weighted by atomic mass is 9.92. The number of hydrogen-bond acceptors (Lipinski definition) is 5. The zero-order chi connectivity index (χ0) is 14.6. The van der Waals surface area contributed by atoms with E-state index in [2.05, 4.69) is 35.7 Å². The van der Waals surface area contributed by atoms with Gasteiger partial charge in [0.15, 0.2) is 0 Å². The summed E-state index contributed by atoms with van der Waals surface area (Å²) in [5.74, 6) is 0. The topological polar surface area (TPSA) is 28.6 Å². The minimum Gasteiger partial charge on any atom is -0.379 e. The highest BCUT2D eigenvalue weighted by molar-refractivity contribution is 7.10. The fourth-order valence-corrected chi connectivity index (χ4v) is 3.81. The monoisotopic (exact) mass is 317 g/mol. The molecule has 0 atom stereocenters. The van der Waals surface area contributed by atoms with E-state index in [0.717, 1.165) is 50.9 Å². The van der Waals surface area contributed by atoms with Gasteiger partial charge >= 0.3 is 0 Å².